The molecule has 1 amide bonds. The van der Waals surface area contributed by atoms with Gasteiger partial charge in [-0.25, -0.2) is 4.68 Å². The highest BCUT2D eigenvalue weighted by Crippen LogP contribution is 2.43. The average Bonchev–Trinajstić information content (AvgIpc) is 3.36. The van der Waals surface area contributed by atoms with Crippen LogP contribution in [0.2, 0.25) is 0 Å². The number of rotatable bonds is 4. The Morgan fingerprint density at radius 2 is 1.62 bits per heavy atom. The lowest BCUT2D eigenvalue weighted by molar-refractivity contribution is 0.0788. The van der Waals surface area contributed by atoms with Gasteiger partial charge in [-0.1, -0.05) is 48.5 Å². The highest BCUT2D eigenvalue weighted by Gasteiger charge is 2.38. The zero-order valence-electron chi connectivity index (χ0n) is 16.1. The van der Waals surface area contributed by atoms with Crippen molar-refractivity contribution in [2.75, 3.05) is 13.1 Å². The predicted octanol–water partition coefficient (Wildman–Crippen LogP) is 3.74. The molecule has 1 aromatic heterocycles. The molecule has 150 valence electrons. The molecule has 1 aliphatic heterocycles. The molecular weight excluding hydrogens is 384 g/mol. The van der Waals surface area contributed by atoms with Gasteiger partial charge < -0.3 is 10.6 Å². The Bertz CT molecular complexity index is 985. The lowest BCUT2D eigenvalue weighted by atomic mass is 9.95. The van der Waals surface area contributed by atoms with Crippen molar-refractivity contribution in [3.05, 3.63) is 83.7 Å². The normalized spacial score (nSPS) is 21.1. The van der Waals surface area contributed by atoms with Gasteiger partial charge in [-0.2, -0.15) is 5.10 Å². The third-order valence-corrected chi connectivity index (χ3v) is 5.88. The van der Waals surface area contributed by atoms with E-state index in [-0.39, 0.29) is 30.3 Å². The van der Waals surface area contributed by atoms with Crippen molar-refractivity contribution >= 4 is 18.3 Å². The number of carbonyl (C=O) groups excluding carboxylic acids is 1. The second kappa shape index (κ2) is 8.01. The Balaban J connectivity index is 0.00000205. The molecule has 2 aromatic carbocycles. The lowest BCUT2D eigenvalue weighted by Crippen LogP contribution is -2.32. The Kier molecular flexibility index (Phi) is 5.43. The van der Waals surface area contributed by atoms with Gasteiger partial charge in [0.05, 0.1) is 23.1 Å². The summed E-state index contributed by atoms with van der Waals surface area (Å²) in [5, 5.41) is 4.57. The van der Waals surface area contributed by atoms with Crippen molar-refractivity contribution in [3.8, 4) is 5.69 Å². The molecule has 0 spiro atoms. The van der Waals surface area contributed by atoms with Crippen LogP contribution in [-0.4, -0.2) is 39.7 Å². The Hall–Kier alpha value is -2.63. The molecule has 5 rings (SSSR count). The molecule has 1 aliphatic carbocycles. The minimum atomic E-state index is -0.0418. The molecule has 2 aliphatic rings. The molecule has 1 saturated heterocycles. The van der Waals surface area contributed by atoms with Crippen LogP contribution in [-0.2, 0) is 0 Å². The van der Waals surface area contributed by atoms with Crippen LogP contribution in [0.4, 0.5) is 0 Å². The van der Waals surface area contributed by atoms with Gasteiger partial charge in [0.15, 0.2) is 0 Å². The maximum Gasteiger partial charge on any atom is 0.257 e. The minimum Gasteiger partial charge on any atom is -0.336 e. The van der Waals surface area contributed by atoms with Gasteiger partial charge >= 0.3 is 0 Å². The van der Waals surface area contributed by atoms with E-state index in [4.69, 9.17) is 5.73 Å². The summed E-state index contributed by atoms with van der Waals surface area (Å²) in [6.07, 6.45) is 3.97. The summed E-state index contributed by atoms with van der Waals surface area (Å²) in [5.41, 5.74) is 10.4. The van der Waals surface area contributed by atoms with Crippen molar-refractivity contribution in [1.29, 1.82) is 0 Å². The summed E-state index contributed by atoms with van der Waals surface area (Å²) in [4.78, 5) is 15.3. The highest BCUT2D eigenvalue weighted by molar-refractivity contribution is 5.96. The van der Waals surface area contributed by atoms with Gasteiger partial charge in [0.1, 0.15) is 0 Å². The smallest absolute Gasteiger partial charge is 0.257 e. The first-order valence-electron chi connectivity index (χ1n) is 9.95. The van der Waals surface area contributed by atoms with Gasteiger partial charge in [0.2, 0.25) is 0 Å². The summed E-state index contributed by atoms with van der Waals surface area (Å²) in [5.74, 6) is 0.652. The van der Waals surface area contributed by atoms with E-state index in [9.17, 15) is 4.79 Å². The summed E-state index contributed by atoms with van der Waals surface area (Å²) in [6, 6.07) is 20.3. The number of amides is 1. The number of hydrogen-bond donors (Lipinski definition) is 1. The zero-order chi connectivity index (χ0) is 19.1. The first-order valence-corrected chi connectivity index (χ1v) is 9.95. The van der Waals surface area contributed by atoms with Gasteiger partial charge in [-0.3, -0.25) is 4.79 Å². The summed E-state index contributed by atoms with van der Waals surface area (Å²) in [7, 11) is 0. The Labute approximate surface area is 176 Å². The molecule has 2 atom stereocenters. The van der Waals surface area contributed by atoms with E-state index in [1.165, 1.54) is 5.56 Å². The van der Waals surface area contributed by atoms with E-state index in [1.807, 2.05) is 58.1 Å². The summed E-state index contributed by atoms with van der Waals surface area (Å²) >= 11 is 0. The molecule has 2 fully saturated rings. The number of aromatic nitrogens is 2. The first kappa shape index (κ1) is 19.7. The topological polar surface area (TPSA) is 64.2 Å². The van der Waals surface area contributed by atoms with Gasteiger partial charge in [0, 0.05) is 31.0 Å². The summed E-state index contributed by atoms with van der Waals surface area (Å²) in [6.45, 7) is 1.24. The van der Waals surface area contributed by atoms with E-state index < -0.39 is 0 Å². The quantitative estimate of drug-likeness (QED) is 0.715. The molecule has 29 heavy (non-hydrogen) atoms. The Morgan fingerprint density at radius 1 is 0.966 bits per heavy atom. The fraction of sp³-hybridized carbons (Fsp3) is 0.304. The zero-order valence-corrected chi connectivity index (χ0v) is 17.0. The fourth-order valence-electron chi connectivity index (χ4n) is 4.27. The van der Waals surface area contributed by atoms with Crippen LogP contribution in [0.5, 0.6) is 0 Å². The maximum absolute atomic E-state index is 13.4. The van der Waals surface area contributed by atoms with E-state index in [0.29, 0.717) is 19.0 Å². The van der Waals surface area contributed by atoms with Crippen LogP contribution < -0.4 is 5.73 Å². The minimum absolute atomic E-state index is 0. The van der Waals surface area contributed by atoms with Crippen molar-refractivity contribution in [3.63, 3.8) is 0 Å². The number of likely N-dealkylation sites (tertiary alicyclic amines) is 1. The average molecular weight is 409 g/mol. The van der Waals surface area contributed by atoms with Crippen molar-refractivity contribution in [2.24, 2.45) is 5.73 Å². The van der Waals surface area contributed by atoms with Crippen LogP contribution in [0.15, 0.2) is 66.9 Å². The number of halogens is 1. The third kappa shape index (κ3) is 3.68. The maximum atomic E-state index is 13.4. The highest BCUT2D eigenvalue weighted by atomic mass is 35.5. The van der Waals surface area contributed by atoms with Crippen LogP contribution in [0, 0.1) is 0 Å². The van der Waals surface area contributed by atoms with E-state index >= 15 is 0 Å². The number of hydrogen-bond acceptors (Lipinski definition) is 3. The molecule has 0 bridgehead atoms. The van der Waals surface area contributed by atoms with E-state index in [1.54, 1.807) is 6.20 Å². The van der Waals surface area contributed by atoms with Crippen molar-refractivity contribution in [2.45, 2.75) is 30.7 Å². The first-order chi connectivity index (χ1) is 13.7. The molecule has 6 heteroatoms. The number of para-hydroxylation sites is 1. The SMILES string of the molecule is Cl.N[C@@H]1CN(C(=O)c2cnn(-c3ccccc3)c2C2CC2)C[C@H]1c1ccccc1. The monoisotopic (exact) mass is 408 g/mol. The van der Waals surface area contributed by atoms with Crippen LogP contribution in [0.1, 0.15) is 46.3 Å². The third-order valence-electron chi connectivity index (χ3n) is 5.88. The summed E-state index contributed by atoms with van der Waals surface area (Å²) < 4.78 is 1.94. The van der Waals surface area contributed by atoms with Crippen molar-refractivity contribution in [1.82, 2.24) is 14.7 Å². The second-order valence-corrected chi connectivity index (χ2v) is 7.86. The van der Waals surface area contributed by atoms with Gasteiger partial charge in [-0.05, 0) is 30.5 Å². The number of nitrogens with zero attached hydrogens (tertiary/aromatic N) is 3. The molecule has 2 N–H and O–H groups in total. The van der Waals surface area contributed by atoms with Crippen molar-refractivity contribution < 1.29 is 4.79 Å². The molecule has 0 unspecified atom stereocenters. The molecule has 0 radical (unpaired) electrons. The Morgan fingerprint density at radius 3 is 2.28 bits per heavy atom. The van der Waals surface area contributed by atoms with Crippen LogP contribution in [0.25, 0.3) is 5.69 Å². The predicted molar refractivity (Wildman–Crippen MR) is 116 cm³/mol. The lowest BCUT2D eigenvalue weighted by Gasteiger charge is -2.17. The standard InChI is InChI=1S/C23H24N4O.ClH/c24-21-15-26(14-20(21)16-7-3-1-4-8-16)23(28)19-13-25-27(22(19)17-11-12-17)18-9-5-2-6-10-18;/h1-10,13,17,20-21H,11-12,14-15,24H2;1H/t20-,21+;/m0./s1. The molecule has 5 nitrogen and oxygen atoms in total. The van der Waals surface area contributed by atoms with E-state index in [0.717, 1.165) is 29.8 Å². The van der Waals surface area contributed by atoms with E-state index in [2.05, 4.69) is 17.2 Å². The fourth-order valence-corrected chi connectivity index (χ4v) is 4.27. The molecule has 3 aromatic rings. The number of benzene rings is 2. The second-order valence-electron chi connectivity index (χ2n) is 7.86. The largest absolute Gasteiger partial charge is 0.336 e. The molecule has 1 saturated carbocycles. The number of carbonyl (C=O) groups is 1. The number of nitrogens with two attached hydrogens (primary N) is 1. The van der Waals surface area contributed by atoms with Gasteiger partial charge in [-0.15, -0.1) is 12.4 Å². The van der Waals surface area contributed by atoms with Crippen LogP contribution in [0.3, 0.4) is 0 Å². The van der Waals surface area contributed by atoms with Crippen LogP contribution >= 0.6 is 12.4 Å². The molecule has 2 heterocycles. The molecular formula is C23H25ClN4O. The van der Waals surface area contributed by atoms with Gasteiger partial charge in [0.25, 0.3) is 5.91 Å².